The Morgan fingerprint density at radius 1 is 1.03 bits per heavy atom. The van der Waals surface area contributed by atoms with Gasteiger partial charge in [-0.1, -0.05) is 45.6 Å². The van der Waals surface area contributed by atoms with Crippen LogP contribution in [0.4, 0.5) is 0 Å². The Labute approximate surface area is 205 Å². The Morgan fingerprint density at radius 2 is 1.74 bits per heavy atom. The van der Waals surface area contributed by atoms with Gasteiger partial charge in [-0.3, -0.25) is 4.79 Å². The minimum absolute atomic E-state index is 0.0879. The second kappa shape index (κ2) is 11.5. The summed E-state index contributed by atoms with van der Waals surface area (Å²) in [4.78, 5) is 13.2. The maximum atomic E-state index is 13.2. The van der Waals surface area contributed by atoms with Gasteiger partial charge in [-0.2, -0.15) is 0 Å². The second-order valence-corrected chi connectivity index (χ2v) is 17.4. The molecule has 34 heavy (non-hydrogen) atoms. The van der Waals surface area contributed by atoms with Crippen molar-refractivity contribution in [3.8, 4) is 0 Å². The summed E-state index contributed by atoms with van der Waals surface area (Å²) in [5, 5.41) is 0. The van der Waals surface area contributed by atoms with Crippen molar-refractivity contribution in [2.75, 3.05) is 54.4 Å². The number of methoxy groups -OCH3 is 2. The number of carbonyl (C=O) groups is 1. The van der Waals surface area contributed by atoms with Crippen molar-refractivity contribution in [2.24, 2.45) is 28.6 Å². The fourth-order valence-corrected chi connectivity index (χ4v) is 6.81. The molecule has 0 radical (unpaired) electrons. The van der Waals surface area contributed by atoms with E-state index in [0.717, 1.165) is 12.5 Å². The molecule has 8 nitrogen and oxygen atoms in total. The molecule has 2 fully saturated rings. The van der Waals surface area contributed by atoms with Gasteiger partial charge in [-0.25, -0.2) is 0 Å². The smallest absolute Gasteiger partial charge is 0.310 e. The lowest BCUT2D eigenvalue weighted by molar-refractivity contribution is -0.250. The first kappa shape index (κ1) is 27.8. The molecule has 1 saturated heterocycles. The third-order valence-electron chi connectivity index (χ3n) is 7.53. The Kier molecular flexibility index (Phi) is 9.39. The molecule has 0 N–H and O–H groups in total. The molecule has 2 aliphatic carbocycles. The molecule has 0 aromatic heterocycles. The summed E-state index contributed by atoms with van der Waals surface area (Å²) in [5.41, 5.74) is -0.697. The van der Waals surface area contributed by atoms with Crippen molar-refractivity contribution >= 4 is 14.0 Å². The third-order valence-corrected chi connectivity index (χ3v) is 9.23. The molecule has 9 heteroatoms. The van der Waals surface area contributed by atoms with E-state index in [1.54, 1.807) is 14.2 Å². The molecule has 0 aromatic carbocycles. The molecule has 1 saturated carbocycles. The molecule has 0 amide bonds. The number of ether oxygens (including phenoxy) is 7. The number of rotatable bonds is 13. The van der Waals surface area contributed by atoms with E-state index in [0.29, 0.717) is 19.8 Å². The van der Waals surface area contributed by atoms with E-state index in [4.69, 9.17) is 33.2 Å². The van der Waals surface area contributed by atoms with Crippen LogP contribution in [-0.2, 0) is 38.0 Å². The zero-order chi connectivity index (χ0) is 25.0. The highest BCUT2D eigenvalue weighted by molar-refractivity contribution is 6.76. The first-order valence-electron chi connectivity index (χ1n) is 12.3. The van der Waals surface area contributed by atoms with Crippen LogP contribution in [0.2, 0.25) is 25.7 Å². The minimum Gasteiger partial charge on any atom is -0.465 e. The molecule has 196 valence electrons. The van der Waals surface area contributed by atoms with Crippen LogP contribution in [0.1, 0.15) is 20.3 Å². The summed E-state index contributed by atoms with van der Waals surface area (Å²) in [7, 11) is 2.06. The monoisotopic (exact) mass is 500 g/mol. The van der Waals surface area contributed by atoms with E-state index in [2.05, 4.69) is 45.6 Å². The Bertz CT molecular complexity index is 706. The number of esters is 1. The Hall–Kier alpha value is -0.813. The van der Waals surface area contributed by atoms with Gasteiger partial charge in [-0.05, 0) is 23.8 Å². The van der Waals surface area contributed by atoms with Gasteiger partial charge in [0.05, 0.1) is 30.1 Å². The van der Waals surface area contributed by atoms with Crippen LogP contribution in [0.3, 0.4) is 0 Å². The summed E-state index contributed by atoms with van der Waals surface area (Å²) in [6.07, 6.45) is 4.52. The average Bonchev–Trinajstić information content (AvgIpc) is 3.10. The van der Waals surface area contributed by atoms with Crippen molar-refractivity contribution in [2.45, 2.75) is 58.2 Å². The van der Waals surface area contributed by atoms with Gasteiger partial charge < -0.3 is 33.2 Å². The van der Waals surface area contributed by atoms with E-state index in [9.17, 15) is 4.79 Å². The van der Waals surface area contributed by atoms with Crippen molar-refractivity contribution in [1.82, 2.24) is 0 Å². The fraction of sp³-hybridized carbons (Fsp3) is 0.880. The van der Waals surface area contributed by atoms with Gasteiger partial charge in [0.25, 0.3) is 0 Å². The predicted octanol–water partition coefficient (Wildman–Crippen LogP) is 3.69. The third kappa shape index (κ3) is 5.94. The molecular formula is C25H44O8Si. The molecule has 3 aliphatic rings. The number of hydrogen-bond donors (Lipinski definition) is 0. The van der Waals surface area contributed by atoms with Gasteiger partial charge in [0.2, 0.25) is 0 Å². The van der Waals surface area contributed by atoms with Crippen LogP contribution in [0.15, 0.2) is 12.2 Å². The Morgan fingerprint density at radius 3 is 2.41 bits per heavy atom. The molecular weight excluding hydrogens is 456 g/mol. The van der Waals surface area contributed by atoms with Crippen LogP contribution < -0.4 is 0 Å². The van der Waals surface area contributed by atoms with Gasteiger partial charge in [0.1, 0.15) is 27.0 Å². The van der Waals surface area contributed by atoms with Crippen LogP contribution in [0, 0.1) is 28.6 Å². The molecule has 1 aliphatic heterocycles. The summed E-state index contributed by atoms with van der Waals surface area (Å²) >= 11 is 0. The van der Waals surface area contributed by atoms with Crippen molar-refractivity contribution < 1.29 is 38.0 Å². The zero-order valence-corrected chi connectivity index (χ0v) is 23.0. The fourth-order valence-electron chi connectivity index (χ4n) is 6.06. The van der Waals surface area contributed by atoms with Gasteiger partial charge >= 0.3 is 5.97 Å². The second-order valence-electron chi connectivity index (χ2n) is 11.7. The van der Waals surface area contributed by atoms with Gasteiger partial charge in [0.15, 0.2) is 0 Å². The summed E-state index contributed by atoms with van der Waals surface area (Å²) in [6, 6.07) is 1.09. The topological polar surface area (TPSA) is 81.7 Å². The first-order chi connectivity index (χ1) is 16.1. The largest absolute Gasteiger partial charge is 0.465 e. The van der Waals surface area contributed by atoms with E-state index in [1.807, 2.05) is 0 Å². The lowest BCUT2D eigenvalue weighted by Gasteiger charge is -2.59. The van der Waals surface area contributed by atoms with Crippen molar-refractivity contribution in [3.05, 3.63) is 12.2 Å². The van der Waals surface area contributed by atoms with E-state index in [1.165, 1.54) is 0 Å². The highest BCUT2D eigenvalue weighted by atomic mass is 28.3. The van der Waals surface area contributed by atoms with Gasteiger partial charge in [0, 0.05) is 34.8 Å². The first-order valence-corrected chi connectivity index (χ1v) is 16.0. The molecule has 3 rings (SSSR count). The highest BCUT2D eigenvalue weighted by Crippen LogP contribution is 2.62. The highest BCUT2D eigenvalue weighted by Gasteiger charge is 2.69. The lowest BCUT2D eigenvalue weighted by Crippen LogP contribution is -2.64. The quantitative estimate of drug-likeness (QED) is 0.125. The maximum absolute atomic E-state index is 13.2. The minimum atomic E-state index is -1.14. The predicted molar refractivity (Wildman–Crippen MR) is 130 cm³/mol. The van der Waals surface area contributed by atoms with E-state index in [-0.39, 0.29) is 61.7 Å². The summed E-state index contributed by atoms with van der Waals surface area (Å²) in [5.74, 6) is -0.626. The molecule has 0 bridgehead atoms. The number of allylic oxidation sites excluding steroid dienone is 1. The normalized spacial score (nSPS) is 34.6. The molecule has 0 unspecified atom stereocenters. The van der Waals surface area contributed by atoms with E-state index < -0.39 is 13.5 Å². The molecule has 1 heterocycles. The zero-order valence-electron chi connectivity index (χ0n) is 22.0. The van der Waals surface area contributed by atoms with Crippen LogP contribution >= 0.6 is 0 Å². The number of cyclic esters (lactones) is 1. The molecule has 0 aromatic rings. The molecule has 6 atom stereocenters. The van der Waals surface area contributed by atoms with Crippen LogP contribution in [0.5, 0.6) is 0 Å². The average molecular weight is 501 g/mol. The SMILES string of the molecule is COCO[C@H]1CC(C)(C)[C@@H]2C=C[C@H](COCOCC[Si](C)(C)C)[C@@H]3C(=O)OC[C@@]32[C@H]1OCOC. The van der Waals surface area contributed by atoms with Crippen LogP contribution in [0.25, 0.3) is 0 Å². The van der Waals surface area contributed by atoms with Crippen molar-refractivity contribution in [1.29, 1.82) is 0 Å². The summed E-state index contributed by atoms with van der Waals surface area (Å²) in [6.45, 7) is 13.3. The summed E-state index contributed by atoms with van der Waals surface area (Å²) < 4.78 is 40.2. The van der Waals surface area contributed by atoms with Crippen molar-refractivity contribution in [3.63, 3.8) is 0 Å². The molecule has 1 spiro atoms. The standard InChI is InChI=1S/C25H44O8Si/c1-24(2)12-19(32-15-27-3)22(33-16-28-4)25-14-31-23(26)21(25)18(8-9-20(24)25)13-30-17-29-10-11-34(5,6)7/h8-9,18-22H,10-17H2,1-7H3/t18-,19+,20+,21-,22+,25+/m1/s1. The van der Waals surface area contributed by atoms with Gasteiger partial charge in [-0.15, -0.1) is 0 Å². The number of hydrogen-bond acceptors (Lipinski definition) is 8. The van der Waals surface area contributed by atoms with Crippen LogP contribution in [-0.4, -0.2) is 80.7 Å². The lowest BCUT2D eigenvalue weighted by atomic mass is 9.47. The Balaban J connectivity index is 1.80. The maximum Gasteiger partial charge on any atom is 0.310 e. The van der Waals surface area contributed by atoms with E-state index >= 15 is 0 Å². The number of carbonyl (C=O) groups excluding carboxylic acids is 1.